The van der Waals surface area contributed by atoms with Crippen molar-refractivity contribution < 1.29 is 14.0 Å². The van der Waals surface area contributed by atoms with Crippen molar-refractivity contribution in [2.24, 2.45) is 11.1 Å². The van der Waals surface area contributed by atoms with Crippen molar-refractivity contribution in [3.8, 4) is 0 Å². The maximum absolute atomic E-state index is 13.8. The van der Waals surface area contributed by atoms with Crippen LogP contribution in [-0.4, -0.2) is 52.9 Å². The van der Waals surface area contributed by atoms with Crippen molar-refractivity contribution >= 4 is 36.0 Å². The van der Waals surface area contributed by atoms with Crippen molar-refractivity contribution in [2.45, 2.75) is 44.0 Å². The van der Waals surface area contributed by atoms with Gasteiger partial charge in [-0.15, -0.1) is 24.2 Å². The van der Waals surface area contributed by atoms with Gasteiger partial charge < -0.3 is 16.0 Å². The Bertz CT molecular complexity index is 703. The lowest BCUT2D eigenvalue weighted by Crippen LogP contribution is -2.60. The van der Waals surface area contributed by atoms with Gasteiger partial charge in [0.1, 0.15) is 11.9 Å². The van der Waals surface area contributed by atoms with Gasteiger partial charge in [0.05, 0.1) is 5.25 Å². The van der Waals surface area contributed by atoms with Gasteiger partial charge in [0.25, 0.3) is 0 Å². The van der Waals surface area contributed by atoms with E-state index in [1.807, 2.05) is 4.90 Å². The highest BCUT2D eigenvalue weighted by Gasteiger charge is 2.39. The number of carbonyl (C=O) groups is 2. The largest absolute Gasteiger partial charge is 0.343 e. The van der Waals surface area contributed by atoms with Crippen LogP contribution in [0.1, 0.15) is 25.8 Å². The van der Waals surface area contributed by atoms with E-state index in [0.717, 1.165) is 6.42 Å². The molecule has 27 heavy (non-hydrogen) atoms. The first-order chi connectivity index (χ1) is 12.3. The van der Waals surface area contributed by atoms with E-state index in [-0.39, 0.29) is 46.7 Å². The molecule has 0 radical (unpaired) electrons. The van der Waals surface area contributed by atoms with Crippen LogP contribution < -0.4 is 11.1 Å². The number of hydrogen-bond donors (Lipinski definition) is 2. The number of piperidine rings is 1. The molecule has 3 unspecified atom stereocenters. The maximum Gasteiger partial charge on any atom is 0.246 e. The van der Waals surface area contributed by atoms with Crippen LogP contribution in [0.3, 0.4) is 0 Å². The van der Waals surface area contributed by atoms with Gasteiger partial charge in [-0.05, 0) is 29.9 Å². The summed E-state index contributed by atoms with van der Waals surface area (Å²) in [5, 5.41) is 2.46. The van der Waals surface area contributed by atoms with Crippen LogP contribution in [0, 0.1) is 11.2 Å². The zero-order chi connectivity index (χ0) is 18.9. The zero-order valence-corrected chi connectivity index (χ0v) is 17.2. The molecule has 0 aromatic heterocycles. The first kappa shape index (κ1) is 22.0. The standard InChI is InChI=1S/C19H26FN3O2S.ClH/c1-19(2)11-23(8-7-16(19)21)18(25)14-10-26-15(17(24)22-14)9-12-5-3-4-6-13(12)20;/h3-6,14-16H,7-11,21H2,1-2H3,(H,22,24);1H. The second-order valence-corrected chi connectivity index (χ2v) is 9.06. The highest BCUT2D eigenvalue weighted by Crippen LogP contribution is 2.29. The van der Waals surface area contributed by atoms with Crippen LogP contribution in [-0.2, 0) is 16.0 Å². The Morgan fingerprint density at radius 1 is 1.41 bits per heavy atom. The molecule has 2 saturated heterocycles. The number of nitrogens with two attached hydrogens (primary N) is 1. The molecule has 150 valence electrons. The lowest BCUT2D eigenvalue weighted by molar-refractivity contribution is -0.138. The molecular weight excluding hydrogens is 389 g/mol. The molecule has 0 aliphatic carbocycles. The molecular formula is C19H27ClFN3O2S. The first-order valence-electron chi connectivity index (χ1n) is 8.97. The topological polar surface area (TPSA) is 75.4 Å². The summed E-state index contributed by atoms with van der Waals surface area (Å²) >= 11 is 1.42. The molecule has 5 nitrogen and oxygen atoms in total. The monoisotopic (exact) mass is 415 g/mol. The summed E-state index contributed by atoms with van der Waals surface area (Å²) in [4.78, 5) is 27.1. The van der Waals surface area contributed by atoms with Crippen molar-refractivity contribution in [2.75, 3.05) is 18.8 Å². The molecule has 2 fully saturated rings. The minimum Gasteiger partial charge on any atom is -0.343 e. The number of hydrogen-bond acceptors (Lipinski definition) is 4. The number of nitrogens with zero attached hydrogens (tertiary/aromatic N) is 1. The van der Waals surface area contributed by atoms with E-state index < -0.39 is 6.04 Å². The van der Waals surface area contributed by atoms with Crippen LogP contribution in [0.4, 0.5) is 4.39 Å². The number of amides is 2. The smallest absolute Gasteiger partial charge is 0.246 e. The molecule has 2 amide bonds. The molecule has 3 rings (SSSR count). The van der Waals surface area contributed by atoms with Crippen molar-refractivity contribution in [1.82, 2.24) is 10.2 Å². The van der Waals surface area contributed by atoms with Gasteiger partial charge in [-0.3, -0.25) is 9.59 Å². The van der Waals surface area contributed by atoms with Gasteiger partial charge in [-0.2, -0.15) is 0 Å². The second-order valence-electron chi connectivity index (χ2n) is 7.82. The Morgan fingerprint density at radius 2 is 2.11 bits per heavy atom. The summed E-state index contributed by atoms with van der Waals surface area (Å²) in [5.74, 6) is -0.0378. The van der Waals surface area contributed by atoms with E-state index in [1.54, 1.807) is 18.2 Å². The van der Waals surface area contributed by atoms with Gasteiger partial charge in [0, 0.05) is 24.9 Å². The van der Waals surface area contributed by atoms with Gasteiger partial charge >= 0.3 is 0 Å². The molecule has 0 spiro atoms. The SMILES string of the molecule is CC1(C)CN(C(=O)C2CSC(Cc3ccccc3F)C(=O)N2)CCC1N.Cl. The van der Waals surface area contributed by atoms with Crippen LogP contribution >= 0.6 is 24.2 Å². The number of halogens is 2. The Hall–Kier alpha value is -1.31. The van der Waals surface area contributed by atoms with E-state index in [1.165, 1.54) is 17.8 Å². The van der Waals surface area contributed by atoms with E-state index in [0.29, 0.717) is 30.8 Å². The number of rotatable bonds is 3. The predicted molar refractivity (Wildman–Crippen MR) is 108 cm³/mol. The van der Waals surface area contributed by atoms with E-state index >= 15 is 0 Å². The van der Waals surface area contributed by atoms with E-state index in [2.05, 4.69) is 19.2 Å². The minimum absolute atomic E-state index is 0. The van der Waals surface area contributed by atoms with Crippen LogP contribution in [0.15, 0.2) is 24.3 Å². The lowest BCUT2D eigenvalue weighted by Gasteiger charge is -2.44. The second kappa shape index (κ2) is 8.80. The molecule has 2 aliphatic heterocycles. The van der Waals surface area contributed by atoms with Crippen LogP contribution in [0.5, 0.6) is 0 Å². The van der Waals surface area contributed by atoms with Crippen LogP contribution in [0.25, 0.3) is 0 Å². The predicted octanol–water partition coefficient (Wildman–Crippen LogP) is 1.98. The molecule has 1 aromatic carbocycles. The summed E-state index contributed by atoms with van der Waals surface area (Å²) in [6.07, 6.45) is 1.10. The zero-order valence-electron chi connectivity index (χ0n) is 15.6. The highest BCUT2D eigenvalue weighted by atomic mass is 35.5. The highest BCUT2D eigenvalue weighted by molar-refractivity contribution is 8.00. The third-order valence-corrected chi connectivity index (χ3v) is 6.67. The van der Waals surface area contributed by atoms with Gasteiger partial charge in [-0.25, -0.2) is 4.39 Å². The summed E-state index contributed by atoms with van der Waals surface area (Å²) in [6.45, 7) is 5.35. The average molecular weight is 416 g/mol. The summed E-state index contributed by atoms with van der Waals surface area (Å²) in [6, 6.07) is 6.04. The fraction of sp³-hybridized carbons (Fsp3) is 0.579. The number of nitrogens with one attached hydrogen (secondary N) is 1. The Kier molecular flexibility index (Phi) is 7.16. The minimum atomic E-state index is -0.519. The third-order valence-electron chi connectivity index (χ3n) is 5.36. The number of benzene rings is 1. The van der Waals surface area contributed by atoms with Gasteiger partial charge in [-0.1, -0.05) is 32.0 Å². The van der Waals surface area contributed by atoms with Crippen molar-refractivity contribution in [3.63, 3.8) is 0 Å². The quantitative estimate of drug-likeness (QED) is 0.791. The molecule has 0 bridgehead atoms. The average Bonchev–Trinajstić information content (AvgIpc) is 2.60. The summed E-state index contributed by atoms with van der Waals surface area (Å²) in [5.41, 5.74) is 6.53. The first-order valence-corrected chi connectivity index (χ1v) is 10.0. The normalized spacial score (nSPS) is 27.5. The molecule has 2 heterocycles. The molecule has 3 N–H and O–H groups in total. The van der Waals surface area contributed by atoms with Gasteiger partial charge in [0.2, 0.25) is 11.8 Å². The fourth-order valence-electron chi connectivity index (χ4n) is 3.53. The number of likely N-dealkylation sites (tertiary alicyclic amines) is 1. The Labute approximate surface area is 170 Å². The Morgan fingerprint density at radius 3 is 2.74 bits per heavy atom. The lowest BCUT2D eigenvalue weighted by atomic mass is 9.79. The molecule has 8 heteroatoms. The summed E-state index contributed by atoms with van der Waals surface area (Å²) < 4.78 is 13.8. The van der Waals surface area contributed by atoms with E-state index in [4.69, 9.17) is 5.73 Å². The van der Waals surface area contributed by atoms with Gasteiger partial charge in [0.15, 0.2) is 0 Å². The fourth-order valence-corrected chi connectivity index (χ4v) is 4.69. The van der Waals surface area contributed by atoms with Crippen LogP contribution in [0.2, 0.25) is 0 Å². The van der Waals surface area contributed by atoms with Crippen molar-refractivity contribution in [3.05, 3.63) is 35.6 Å². The molecule has 1 aromatic rings. The summed E-state index contributed by atoms with van der Waals surface area (Å²) in [7, 11) is 0. The third kappa shape index (κ3) is 4.95. The van der Waals surface area contributed by atoms with Crippen molar-refractivity contribution in [1.29, 1.82) is 0 Å². The van der Waals surface area contributed by atoms with E-state index in [9.17, 15) is 14.0 Å². The molecule has 2 aliphatic rings. The molecule has 3 atom stereocenters. The maximum atomic E-state index is 13.8. The number of carbonyl (C=O) groups excluding carboxylic acids is 2. The molecule has 0 saturated carbocycles. The number of thioether (sulfide) groups is 1. The Balaban J connectivity index is 0.00000261.